The molecule has 0 N–H and O–H groups in total. The van der Waals surface area contributed by atoms with Crippen molar-refractivity contribution in [1.29, 1.82) is 0 Å². The molecular formula is C22H28O2. The maximum Gasteiger partial charge on any atom is 0.339 e. The molecule has 0 bridgehead atoms. The van der Waals surface area contributed by atoms with E-state index in [1.165, 1.54) is 18.4 Å². The van der Waals surface area contributed by atoms with Crippen LogP contribution in [0.1, 0.15) is 80.8 Å². The van der Waals surface area contributed by atoms with Gasteiger partial charge in [-0.25, -0.2) is 4.79 Å². The number of carbonyl (C=O) groups excluding carboxylic acids is 1. The molecule has 2 atom stereocenters. The fraction of sp³-hybridized carbons (Fsp3) is 0.500. The van der Waals surface area contributed by atoms with Crippen LogP contribution < -0.4 is 0 Å². The second-order valence-electron chi connectivity index (χ2n) is 7.13. The van der Waals surface area contributed by atoms with E-state index in [9.17, 15) is 4.79 Å². The van der Waals surface area contributed by atoms with E-state index in [4.69, 9.17) is 4.74 Å². The molecule has 1 heterocycles. The number of hydrogen-bond acceptors (Lipinski definition) is 2. The van der Waals surface area contributed by atoms with Crippen molar-refractivity contribution >= 4 is 5.97 Å². The van der Waals surface area contributed by atoms with Crippen molar-refractivity contribution in [3.8, 4) is 0 Å². The minimum Gasteiger partial charge on any atom is -0.453 e. The molecule has 2 heteroatoms. The Balaban J connectivity index is 1.88. The highest BCUT2D eigenvalue weighted by Gasteiger charge is 2.45. The van der Waals surface area contributed by atoms with Crippen LogP contribution in [0.15, 0.2) is 48.1 Å². The van der Waals surface area contributed by atoms with Crippen molar-refractivity contribution in [2.24, 2.45) is 5.41 Å². The summed E-state index contributed by atoms with van der Waals surface area (Å²) in [6.45, 7) is 4.45. The van der Waals surface area contributed by atoms with Crippen molar-refractivity contribution < 1.29 is 9.53 Å². The Bertz CT molecular complexity index is 656. The second-order valence-corrected chi connectivity index (χ2v) is 7.13. The van der Waals surface area contributed by atoms with E-state index in [1.807, 2.05) is 18.2 Å². The standard InChI is InChI=1S/C22H28O2/c1-3-5-9-17-12-15-22(16-13-17,14-6-4-2)20-18-10-7-8-11-19(18)21(23)24-20/h7-8,10-13,15,20H,3-6,9,14,16H2,1-2H3. The first kappa shape index (κ1) is 17.0. The molecule has 0 radical (unpaired) electrons. The van der Waals surface area contributed by atoms with E-state index >= 15 is 0 Å². The number of ether oxygens (including phenoxy) is 1. The molecule has 0 amide bonds. The predicted molar refractivity (Wildman–Crippen MR) is 97.9 cm³/mol. The average Bonchev–Trinajstić information content (AvgIpc) is 2.97. The zero-order valence-electron chi connectivity index (χ0n) is 14.9. The Morgan fingerprint density at radius 3 is 2.67 bits per heavy atom. The zero-order chi connectivity index (χ0) is 17.0. The van der Waals surface area contributed by atoms with Crippen molar-refractivity contribution in [3.63, 3.8) is 0 Å². The van der Waals surface area contributed by atoms with Gasteiger partial charge in [-0.3, -0.25) is 0 Å². The maximum atomic E-state index is 12.3. The van der Waals surface area contributed by atoms with Crippen molar-refractivity contribution in [1.82, 2.24) is 0 Å². The Hall–Kier alpha value is -1.83. The lowest BCUT2D eigenvalue weighted by atomic mass is 9.69. The monoisotopic (exact) mass is 324 g/mol. The van der Waals surface area contributed by atoms with Crippen molar-refractivity contribution in [2.75, 3.05) is 0 Å². The van der Waals surface area contributed by atoms with Crippen LogP contribution in [-0.4, -0.2) is 5.97 Å². The van der Waals surface area contributed by atoms with Gasteiger partial charge in [0.05, 0.1) is 5.56 Å². The van der Waals surface area contributed by atoms with E-state index in [1.54, 1.807) is 0 Å². The topological polar surface area (TPSA) is 26.3 Å². The van der Waals surface area contributed by atoms with E-state index in [0.717, 1.165) is 43.2 Å². The molecule has 2 aliphatic rings. The largest absolute Gasteiger partial charge is 0.453 e. The molecule has 128 valence electrons. The number of fused-ring (bicyclic) bond motifs is 1. The summed E-state index contributed by atoms with van der Waals surface area (Å²) in [7, 11) is 0. The molecule has 1 aromatic carbocycles. The molecule has 0 aromatic heterocycles. The summed E-state index contributed by atoms with van der Waals surface area (Å²) in [6, 6.07) is 7.88. The molecule has 3 rings (SSSR count). The maximum absolute atomic E-state index is 12.3. The summed E-state index contributed by atoms with van der Waals surface area (Å²) < 4.78 is 5.87. The lowest BCUT2D eigenvalue weighted by molar-refractivity contribution is 0.00326. The van der Waals surface area contributed by atoms with Crippen LogP contribution in [0.4, 0.5) is 0 Å². The zero-order valence-corrected chi connectivity index (χ0v) is 14.9. The molecular weight excluding hydrogens is 296 g/mol. The van der Waals surface area contributed by atoms with Gasteiger partial charge >= 0.3 is 5.97 Å². The minimum atomic E-state index is -0.166. The predicted octanol–water partition coefficient (Wildman–Crippen LogP) is 6.15. The highest BCUT2D eigenvalue weighted by atomic mass is 16.5. The SMILES string of the molecule is CCCCC1=CCC(CCCC)(C2OC(=O)c3ccccc32)C=C1. The normalized spacial score (nSPS) is 25.3. The number of hydrogen-bond donors (Lipinski definition) is 0. The van der Waals surface area contributed by atoms with Crippen LogP contribution >= 0.6 is 0 Å². The van der Waals surface area contributed by atoms with Gasteiger partial charge in [-0.15, -0.1) is 0 Å². The summed E-state index contributed by atoms with van der Waals surface area (Å²) in [6.07, 6.45) is 14.8. The number of allylic oxidation sites excluding steroid dienone is 3. The fourth-order valence-electron chi connectivity index (χ4n) is 3.89. The van der Waals surface area contributed by atoms with Gasteiger partial charge in [-0.2, -0.15) is 0 Å². The fourth-order valence-corrected chi connectivity index (χ4v) is 3.89. The molecule has 0 saturated heterocycles. The molecule has 2 nitrogen and oxygen atoms in total. The van der Waals surface area contributed by atoms with Crippen LogP contribution in [0.2, 0.25) is 0 Å². The molecule has 0 saturated carbocycles. The van der Waals surface area contributed by atoms with E-state index in [2.05, 4.69) is 38.1 Å². The lowest BCUT2D eigenvalue weighted by Gasteiger charge is -2.37. The van der Waals surface area contributed by atoms with Crippen LogP contribution in [0.3, 0.4) is 0 Å². The second kappa shape index (κ2) is 7.38. The highest BCUT2D eigenvalue weighted by molar-refractivity contribution is 5.94. The molecule has 0 fully saturated rings. The highest BCUT2D eigenvalue weighted by Crippen LogP contribution is 2.51. The summed E-state index contributed by atoms with van der Waals surface area (Å²) in [5.74, 6) is -0.166. The number of esters is 1. The minimum absolute atomic E-state index is 0.0893. The van der Waals surface area contributed by atoms with Crippen LogP contribution in [0.25, 0.3) is 0 Å². The number of carbonyl (C=O) groups is 1. The number of rotatable bonds is 7. The number of cyclic esters (lactones) is 1. The van der Waals surface area contributed by atoms with Crippen LogP contribution in [-0.2, 0) is 4.74 Å². The molecule has 2 unspecified atom stereocenters. The third-order valence-electron chi connectivity index (χ3n) is 5.40. The summed E-state index contributed by atoms with van der Waals surface area (Å²) >= 11 is 0. The summed E-state index contributed by atoms with van der Waals surface area (Å²) in [5.41, 5.74) is 3.15. The Morgan fingerprint density at radius 1 is 1.17 bits per heavy atom. The van der Waals surface area contributed by atoms with Gasteiger partial charge in [0.25, 0.3) is 0 Å². The van der Waals surface area contributed by atoms with E-state index in [0.29, 0.717) is 0 Å². The van der Waals surface area contributed by atoms with E-state index < -0.39 is 0 Å². The third kappa shape index (κ3) is 3.19. The Morgan fingerprint density at radius 2 is 1.96 bits per heavy atom. The lowest BCUT2D eigenvalue weighted by Crippen LogP contribution is -2.28. The van der Waals surface area contributed by atoms with Gasteiger partial charge in [0.2, 0.25) is 0 Å². The van der Waals surface area contributed by atoms with Gasteiger partial charge in [-0.05, 0) is 31.7 Å². The summed E-state index contributed by atoms with van der Waals surface area (Å²) in [5, 5.41) is 0. The molecule has 1 aromatic rings. The van der Waals surface area contributed by atoms with Gasteiger partial charge in [0.1, 0.15) is 6.10 Å². The smallest absolute Gasteiger partial charge is 0.339 e. The third-order valence-corrected chi connectivity index (χ3v) is 5.40. The Labute approximate surface area is 145 Å². The number of benzene rings is 1. The first-order valence-corrected chi connectivity index (χ1v) is 9.38. The van der Waals surface area contributed by atoms with Gasteiger partial charge in [-0.1, -0.05) is 75.1 Å². The average molecular weight is 324 g/mol. The van der Waals surface area contributed by atoms with Gasteiger partial charge < -0.3 is 4.74 Å². The summed E-state index contributed by atoms with van der Waals surface area (Å²) in [4.78, 5) is 12.3. The molecule has 1 aliphatic carbocycles. The Kier molecular flexibility index (Phi) is 5.23. The molecule has 1 aliphatic heterocycles. The van der Waals surface area contributed by atoms with Crippen molar-refractivity contribution in [3.05, 3.63) is 59.2 Å². The first-order chi connectivity index (χ1) is 11.7. The molecule has 0 spiro atoms. The first-order valence-electron chi connectivity index (χ1n) is 9.38. The number of unbranched alkanes of at least 4 members (excludes halogenated alkanes) is 2. The van der Waals surface area contributed by atoms with E-state index in [-0.39, 0.29) is 17.5 Å². The quantitative estimate of drug-likeness (QED) is 0.562. The van der Waals surface area contributed by atoms with Gasteiger partial charge in [0.15, 0.2) is 0 Å². The van der Waals surface area contributed by atoms with Crippen LogP contribution in [0.5, 0.6) is 0 Å². The van der Waals surface area contributed by atoms with Crippen LogP contribution in [0, 0.1) is 5.41 Å². The van der Waals surface area contributed by atoms with Crippen molar-refractivity contribution in [2.45, 2.75) is 64.9 Å². The van der Waals surface area contributed by atoms with Gasteiger partial charge in [0, 0.05) is 11.0 Å². The molecule has 24 heavy (non-hydrogen) atoms.